The molecule has 1 aromatic carbocycles. The lowest BCUT2D eigenvalue weighted by Gasteiger charge is -2.54. The van der Waals surface area contributed by atoms with Crippen LogP contribution >= 0.6 is 0 Å². The molecule has 2 saturated heterocycles. The van der Waals surface area contributed by atoms with Crippen molar-refractivity contribution in [2.24, 2.45) is 10.6 Å². The van der Waals surface area contributed by atoms with Crippen molar-refractivity contribution in [1.29, 1.82) is 0 Å². The van der Waals surface area contributed by atoms with Gasteiger partial charge in [0.25, 0.3) is 5.91 Å². The van der Waals surface area contributed by atoms with Crippen molar-refractivity contribution in [2.75, 3.05) is 26.8 Å². The SMILES string of the molecule is COc1cccc2c3c4n(c12)C(=O)C(=NO)[C@]12CCO[C@H]1CCN(CC3)[C@H]42. The summed E-state index contributed by atoms with van der Waals surface area (Å²) < 4.78 is 13.4. The monoisotopic (exact) mass is 367 g/mol. The molecule has 4 aliphatic heterocycles. The van der Waals surface area contributed by atoms with Crippen LogP contribution in [-0.4, -0.2) is 59.2 Å². The minimum Gasteiger partial charge on any atom is -0.495 e. The highest BCUT2D eigenvalue weighted by atomic mass is 16.5. The number of carbonyl (C=O) groups excluding carboxylic acids is 1. The number of hydrogen-bond donors (Lipinski definition) is 1. The van der Waals surface area contributed by atoms with Gasteiger partial charge in [-0.3, -0.25) is 14.3 Å². The summed E-state index contributed by atoms with van der Waals surface area (Å²) in [4.78, 5) is 16.1. The first-order valence-corrected chi connectivity index (χ1v) is 9.55. The smallest absolute Gasteiger partial charge is 0.281 e. The van der Waals surface area contributed by atoms with Gasteiger partial charge in [0.2, 0.25) is 0 Å². The predicted octanol–water partition coefficient (Wildman–Crippen LogP) is 2.21. The second-order valence-electron chi connectivity index (χ2n) is 7.94. The Morgan fingerprint density at radius 3 is 3.07 bits per heavy atom. The van der Waals surface area contributed by atoms with Crippen molar-refractivity contribution in [3.63, 3.8) is 0 Å². The van der Waals surface area contributed by atoms with Crippen LogP contribution in [0.1, 0.15) is 34.9 Å². The zero-order valence-corrected chi connectivity index (χ0v) is 15.1. The molecular weight excluding hydrogens is 346 g/mol. The number of rotatable bonds is 1. The zero-order chi connectivity index (χ0) is 18.3. The summed E-state index contributed by atoms with van der Waals surface area (Å²) in [5.74, 6) is 0.425. The molecule has 0 radical (unpaired) electrons. The van der Waals surface area contributed by atoms with Gasteiger partial charge in [0, 0.05) is 30.8 Å². The average Bonchev–Trinajstić information content (AvgIpc) is 3.27. The first-order chi connectivity index (χ1) is 13.2. The van der Waals surface area contributed by atoms with Gasteiger partial charge in [-0.05, 0) is 30.9 Å². The molecule has 1 aromatic heterocycles. The molecule has 7 heteroatoms. The highest BCUT2D eigenvalue weighted by Crippen LogP contribution is 2.59. The van der Waals surface area contributed by atoms with Gasteiger partial charge in [-0.15, -0.1) is 0 Å². The van der Waals surface area contributed by atoms with Crippen LogP contribution in [0.25, 0.3) is 10.9 Å². The second-order valence-corrected chi connectivity index (χ2v) is 7.94. The molecule has 0 aliphatic carbocycles. The predicted molar refractivity (Wildman–Crippen MR) is 97.8 cm³/mol. The van der Waals surface area contributed by atoms with E-state index in [1.807, 2.05) is 12.1 Å². The van der Waals surface area contributed by atoms with E-state index < -0.39 is 5.41 Å². The highest BCUT2D eigenvalue weighted by molar-refractivity contribution is 6.44. The zero-order valence-electron chi connectivity index (χ0n) is 15.1. The second kappa shape index (κ2) is 5.11. The fourth-order valence-electron chi connectivity index (χ4n) is 6.14. The summed E-state index contributed by atoms with van der Waals surface area (Å²) >= 11 is 0. The van der Waals surface area contributed by atoms with E-state index in [1.165, 1.54) is 5.56 Å². The van der Waals surface area contributed by atoms with Crippen molar-refractivity contribution < 1.29 is 19.5 Å². The van der Waals surface area contributed by atoms with Crippen LogP contribution in [0.3, 0.4) is 0 Å². The van der Waals surface area contributed by atoms with Gasteiger partial charge in [-0.25, -0.2) is 0 Å². The van der Waals surface area contributed by atoms with Gasteiger partial charge < -0.3 is 14.7 Å². The van der Waals surface area contributed by atoms with Crippen molar-refractivity contribution in [1.82, 2.24) is 9.47 Å². The number of carbonyl (C=O) groups is 1. The van der Waals surface area contributed by atoms with E-state index in [0.29, 0.717) is 18.8 Å². The lowest BCUT2D eigenvalue weighted by Crippen LogP contribution is -2.62. The fraction of sp³-hybridized carbons (Fsp3) is 0.500. The Labute approximate surface area is 156 Å². The standard InChI is InChI=1S/C20H21N3O4/c1-26-13-4-2-3-11-12-5-8-22-9-6-14-20(7-10-27-14)17(21-25)19(24)23(15(11)13)16(12)18(20)22/h2-4,14,18,25H,5-10H2,1H3/t14-,18+,20-/m0/s1. The maximum atomic E-state index is 13.6. The maximum absolute atomic E-state index is 13.6. The molecule has 4 aliphatic rings. The largest absolute Gasteiger partial charge is 0.495 e. The highest BCUT2D eigenvalue weighted by Gasteiger charge is 2.64. The normalized spacial score (nSPS) is 33.4. The number of methoxy groups -OCH3 is 1. The lowest BCUT2D eigenvalue weighted by molar-refractivity contribution is -0.0373. The number of oxime groups is 1. The first kappa shape index (κ1) is 15.7. The van der Waals surface area contributed by atoms with E-state index in [2.05, 4.69) is 16.1 Å². The molecular formula is C20H21N3O4. The number of ether oxygens (including phenoxy) is 2. The van der Waals surface area contributed by atoms with E-state index in [-0.39, 0.29) is 23.8 Å². The van der Waals surface area contributed by atoms with Crippen LogP contribution in [0, 0.1) is 5.41 Å². The summed E-state index contributed by atoms with van der Waals surface area (Å²) in [5.41, 5.74) is 2.74. The molecule has 3 atom stereocenters. The van der Waals surface area contributed by atoms with Crippen molar-refractivity contribution in [3.8, 4) is 5.75 Å². The molecule has 2 fully saturated rings. The molecule has 0 bridgehead atoms. The van der Waals surface area contributed by atoms with Gasteiger partial charge in [-0.2, -0.15) is 0 Å². The molecule has 7 nitrogen and oxygen atoms in total. The quantitative estimate of drug-likeness (QED) is 0.618. The third-order valence-electron chi connectivity index (χ3n) is 7.11. The number of benzene rings is 1. The maximum Gasteiger partial charge on any atom is 0.281 e. The summed E-state index contributed by atoms with van der Waals surface area (Å²) in [6, 6.07) is 5.92. The fourth-order valence-corrected chi connectivity index (χ4v) is 6.14. The number of aromatic nitrogens is 1. The molecule has 1 spiro atoms. The van der Waals surface area contributed by atoms with Crippen LogP contribution in [0.5, 0.6) is 5.75 Å². The molecule has 0 amide bonds. The van der Waals surface area contributed by atoms with Crippen LogP contribution in [0.15, 0.2) is 23.4 Å². The number of hydrogen-bond acceptors (Lipinski definition) is 6. The van der Waals surface area contributed by atoms with E-state index in [0.717, 1.165) is 42.5 Å². The Morgan fingerprint density at radius 2 is 2.26 bits per heavy atom. The number of para-hydroxylation sites is 1. The summed E-state index contributed by atoms with van der Waals surface area (Å²) in [6.45, 7) is 2.47. The Morgan fingerprint density at radius 1 is 1.37 bits per heavy atom. The Balaban J connectivity index is 1.77. The van der Waals surface area contributed by atoms with Gasteiger partial charge >= 0.3 is 0 Å². The Kier molecular flexibility index (Phi) is 2.96. The van der Waals surface area contributed by atoms with Crippen LogP contribution in [0.2, 0.25) is 0 Å². The summed E-state index contributed by atoms with van der Waals surface area (Å²) in [7, 11) is 1.62. The van der Waals surface area contributed by atoms with Crippen molar-refractivity contribution in [3.05, 3.63) is 29.5 Å². The van der Waals surface area contributed by atoms with Crippen LogP contribution < -0.4 is 4.74 Å². The third kappa shape index (κ3) is 1.62. The Bertz CT molecular complexity index is 1030. The lowest BCUT2D eigenvalue weighted by atomic mass is 9.62. The van der Waals surface area contributed by atoms with Gasteiger partial charge in [0.15, 0.2) is 5.71 Å². The minimum absolute atomic E-state index is 0.00297. The topological polar surface area (TPSA) is 76.3 Å². The molecule has 27 heavy (non-hydrogen) atoms. The number of nitrogens with zero attached hydrogens (tertiary/aromatic N) is 3. The van der Waals surface area contributed by atoms with E-state index in [4.69, 9.17) is 9.47 Å². The molecule has 0 saturated carbocycles. The van der Waals surface area contributed by atoms with Crippen molar-refractivity contribution in [2.45, 2.75) is 31.4 Å². The minimum atomic E-state index is -0.559. The first-order valence-electron chi connectivity index (χ1n) is 9.55. The molecule has 0 unspecified atom stereocenters. The van der Waals surface area contributed by atoms with Gasteiger partial charge in [0.1, 0.15) is 5.75 Å². The molecule has 5 heterocycles. The van der Waals surface area contributed by atoms with E-state index >= 15 is 0 Å². The van der Waals surface area contributed by atoms with Gasteiger partial charge in [0.05, 0.1) is 30.2 Å². The summed E-state index contributed by atoms with van der Waals surface area (Å²) in [6.07, 6.45) is 2.40. The Hall–Kier alpha value is -2.38. The third-order valence-corrected chi connectivity index (χ3v) is 7.11. The van der Waals surface area contributed by atoms with E-state index in [1.54, 1.807) is 11.7 Å². The molecule has 2 aromatic rings. The molecule has 1 N–H and O–H groups in total. The number of fused-ring (bicyclic) bond motifs is 3. The average molecular weight is 367 g/mol. The van der Waals surface area contributed by atoms with Crippen molar-refractivity contribution >= 4 is 22.5 Å². The van der Waals surface area contributed by atoms with Gasteiger partial charge in [-0.1, -0.05) is 17.3 Å². The van der Waals surface area contributed by atoms with Crippen LogP contribution in [0.4, 0.5) is 0 Å². The molecule has 140 valence electrons. The summed E-state index contributed by atoms with van der Waals surface area (Å²) in [5, 5.41) is 14.6. The molecule has 6 rings (SSSR count). The number of piperidine rings is 1. The van der Waals surface area contributed by atoms with Crippen LogP contribution in [-0.2, 0) is 11.2 Å². The van der Waals surface area contributed by atoms with E-state index in [9.17, 15) is 10.0 Å².